The molecule has 28 heavy (non-hydrogen) atoms. The standard InChI is InChI=1S/C20H16F3N3O2/c21-20(22,23)18-9-10-26(25-18)16-7-5-13(6-8-16)19(27)24-15-11-14-3-1-2-4-17(14)28-12-15/h1-10,15H,11-12H2,(H,24,27). The molecule has 2 heterocycles. The Hall–Kier alpha value is -3.29. The minimum Gasteiger partial charge on any atom is -0.491 e. The van der Waals surface area contributed by atoms with Crippen molar-refractivity contribution in [2.75, 3.05) is 6.61 Å². The Kier molecular flexibility index (Phi) is 4.54. The first-order chi connectivity index (χ1) is 13.4. The predicted octanol–water partition coefficient (Wildman–Crippen LogP) is 3.62. The molecular formula is C20H16F3N3O2. The van der Waals surface area contributed by atoms with Gasteiger partial charge in [-0.25, -0.2) is 4.68 Å². The molecule has 1 aliphatic rings. The number of benzene rings is 2. The summed E-state index contributed by atoms with van der Waals surface area (Å²) >= 11 is 0. The number of amides is 1. The number of para-hydroxylation sites is 1. The molecular weight excluding hydrogens is 371 g/mol. The fourth-order valence-corrected chi connectivity index (χ4v) is 3.07. The first-order valence-electron chi connectivity index (χ1n) is 8.65. The Labute approximate surface area is 158 Å². The third-order valence-electron chi connectivity index (χ3n) is 4.49. The Morgan fingerprint density at radius 3 is 2.57 bits per heavy atom. The van der Waals surface area contributed by atoms with Crippen molar-refractivity contribution in [3.8, 4) is 11.4 Å². The number of fused-ring (bicyclic) bond motifs is 1. The monoisotopic (exact) mass is 387 g/mol. The molecule has 5 nitrogen and oxygen atoms in total. The van der Waals surface area contributed by atoms with Gasteiger partial charge >= 0.3 is 6.18 Å². The lowest BCUT2D eigenvalue weighted by atomic mass is 10.0. The summed E-state index contributed by atoms with van der Waals surface area (Å²) in [5.41, 5.74) is 0.910. The van der Waals surface area contributed by atoms with E-state index in [1.807, 2.05) is 24.3 Å². The summed E-state index contributed by atoms with van der Waals surface area (Å²) in [6.07, 6.45) is -2.59. The molecule has 8 heteroatoms. The molecule has 1 unspecified atom stereocenters. The number of nitrogens with one attached hydrogen (secondary N) is 1. The molecule has 144 valence electrons. The molecule has 0 bridgehead atoms. The van der Waals surface area contributed by atoms with Gasteiger partial charge in [-0.15, -0.1) is 0 Å². The van der Waals surface area contributed by atoms with E-state index in [-0.39, 0.29) is 11.9 Å². The zero-order valence-electron chi connectivity index (χ0n) is 14.6. The van der Waals surface area contributed by atoms with Gasteiger partial charge in [0, 0.05) is 11.8 Å². The third kappa shape index (κ3) is 3.71. The summed E-state index contributed by atoms with van der Waals surface area (Å²) in [6.45, 7) is 0.383. The molecule has 1 aliphatic heterocycles. The maximum atomic E-state index is 12.7. The normalized spacial score (nSPS) is 16.2. The lowest BCUT2D eigenvalue weighted by Crippen LogP contribution is -2.42. The largest absolute Gasteiger partial charge is 0.491 e. The summed E-state index contributed by atoms with van der Waals surface area (Å²) in [5, 5.41) is 6.44. The van der Waals surface area contributed by atoms with Crippen molar-refractivity contribution in [1.82, 2.24) is 15.1 Å². The smallest absolute Gasteiger partial charge is 0.435 e. The molecule has 1 N–H and O–H groups in total. The van der Waals surface area contributed by atoms with Crippen LogP contribution < -0.4 is 10.1 Å². The molecule has 1 aromatic heterocycles. The zero-order valence-corrected chi connectivity index (χ0v) is 14.6. The van der Waals surface area contributed by atoms with Crippen LogP contribution in [0.25, 0.3) is 5.69 Å². The zero-order chi connectivity index (χ0) is 19.7. The van der Waals surface area contributed by atoms with Crippen LogP contribution in [0.3, 0.4) is 0 Å². The number of hydrogen-bond acceptors (Lipinski definition) is 3. The Bertz CT molecular complexity index is 996. The highest BCUT2D eigenvalue weighted by atomic mass is 19.4. The van der Waals surface area contributed by atoms with Crippen LogP contribution in [-0.4, -0.2) is 28.3 Å². The average molecular weight is 387 g/mol. The van der Waals surface area contributed by atoms with Crippen molar-refractivity contribution >= 4 is 5.91 Å². The van der Waals surface area contributed by atoms with Crippen LogP contribution in [0.4, 0.5) is 13.2 Å². The molecule has 4 rings (SSSR count). The first kappa shape index (κ1) is 18.1. The lowest BCUT2D eigenvalue weighted by Gasteiger charge is -2.26. The van der Waals surface area contributed by atoms with Crippen LogP contribution in [0, 0.1) is 0 Å². The van der Waals surface area contributed by atoms with Gasteiger partial charge in [0.15, 0.2) is 5.69 Å². The topological polar surface area (TPSA) is 56.1 Å². The number of rotatable bonds is 3. The van der Waals surface area contributed by atoms with Crippen molar-refractivity contribution in [3.63, 3.8) is 0 Å². The summed E-state index contributed by atoms with van der Waals surface area (Å²) < 4.78 is 44.8. The van der Waals surface area contributed by atoms with Gasteiger partial charge in [-0.05, 0) is 48.4 Å². The van der Waals surface area contributed by atoms with Gasteiger partial charge in [-0.3, -0.25) is 4.79 Å². The van der Waals surface area contributed by atoms with E-state index < -0.39 is 11.9 Å². The van der Waals surface area contributed by atoms with Crippen LogP contribution in [-0.2, 0) is 12.6 Å². The molecule has 0 radical (unpaired) electrons. The van der Waals surface area contributed by atoms with Crippen LogP contribution >= 0.6 is 0 Å². The van der Waals surface area contributed by atoms with Gasteiger partial charge in [0.25, 0.3) is 5.91 Å². The van der Waals surface area contributed by atoms with Gasteiger partial charge in [0.1, 0.15) is 12.4 Å². The number of nitrogens with zero attached hydrogens (tertiary/aromatic N) is 2. The number of alkyl halides is 3. The van der Waals surface area contributed by atoms with E-state index in [9.17, 15) is 18.0 Å². The number of carbonyl (C=O) groups excluding carboxylic acids is 1. The van der Waals surface area contributed by atoms with Crippen molar-refractivity contribution in [3.05, 3.63) is 77.6 Å². The number of aromatic nitrogens is 2. The van der Waals surface area contributed by atoms with E-state index in [1.54, 1.807) is 24.3 Å². The van der Waals surface area contributed by atoms with Gasteiger partial charge in [0.2, 0.25) is 0 Å². The summed E-state index contributed by atoms with van der Waals surface area (Å²) in [4.78, 5) is 12.5. The minimum atomic E-state index is -4.49. The van der Waals surface area contributed by atoms with Crippen molar-refractivity contribution in [2.24, 2.45) is 0 Å². The van der Waals surface area contributed by atoms with E-state index in [2.05, 4.69) is 10.4 Å². The molecule has 0 aliphatic carbocycles. The molecule has 1 atom stereocenters. The Balaban J connectivity index is 1.43. The highest BCUT2D eigenvalue weighted by molar-refractivity contribution is 5.94. The lowest BCUT2D eigenvalue weighted by molar-refractivity contribution is -0.141. The number of hydrogen-bond donors (Lipinski definition) is 1. The van der Waals surface area contributed by atoms with Gasteiger partial charge in [-0.1, -0.05) is 18.2 Å². The van der Waals surface area contributed by atoms with Crippen LogP contribution in [0.15, 0.2) is 60.8 Å². The van der Waals surface area contributed by atoms with Gasteiger partial charge < -0.3 is 10.1 Å². The molecule has 3 aromatic rings. The van der Waals surface area contributed by atoms with Crippen molar-refractivity contribution in [1.29, 1.82) is 0 Å². The number of halogens is 3. The SMILES string of the molecule is O=C(NC1COc2ccccc2C1)c1ccc(-n2ccc(C(F)(F)F)n2)cc1. The highest BCUT2D eigenvalue weighted by Crippen LogP contribution is 2.28. The molecule has 0 spiro atoms. The summed E-state index contributed by atoms with van der Waals surface area (Å²) in [6, 6.07) is 14.6. The Morgan fingerprint density at radius 1 is 1.11 bits per heavy atom. The molecule has 0 saturated carbocycles. The Morgan fingerprint density at radius 2 is 1.86 bits per heavy atom. The minimum absolute atomic E-state index is 0.150. The maximum Gasteiger partial charge on any atom is 0.435 e. The molecule has 2 aromatic carbocycles. The quantitative estimate of drug-likeness (QED) is 0.747. The number of ether oxygens (including phenoxy) is 1. The molecule has 0 saturated heterocycles. The maximum absolute atomic E-state index is 12.7. The average Bonchev–Trinajstić information content (AvgIpc) is 3.19. The summed E-state index contributed by atoms with van der Waals surface area (Å²) in [7, 11) is 0. The summed E-state index contributed by atoms with van der Waals surface area (Å²) in [5.74, 6) is 0.561. The molecule has 1 amide bonds. The second kappa shape index (κ2) is 7.03. The fraction of sp³-hybridized carbons (Fsp3) is 0.200. The van der Waals surface area contributed by atoms with Crippen LogP contribution in [0.2, 0.25) is 0 Å². The van der Waals surface area contributed by atoms with E-state index >= 15 is 0 Å². The second-order valence-corrected chi connectivity index (χ2v) is 6.48. The third-order valence-corrected chi connectivity index (χ3v) is 4.49. The number of carbonyl (C=O) groups is 1. The first-order valence-corrected chi connectivity index (χ1v) is 8.65. The van der Waals surface area contributed by atoms with E-state index in [1.165, 1.54) is 6.20 Å². The van der Waals surface area contributed by atoms with Crippen molar-refractivity contribution < 1.29 is 22.7 Å². The van der Waals surface area contributed by atoms with Gasteiger partial charge in [-0.2, -0.15) is 18.3 Å². The van der Waals surface area contributed by atoms with Crippen molar-refractivity contribution in [2.45, 2.75) is 18.6 Å². The molecule has 0 fully saturated rings. The van der Waals surface area contributed by atoms with E-state index in [4.69, 9.17) is 4.74 Å². The van der Waals surface area contributed by atoms with Gasteiger partial charge in [0.05, 0.1) is 11.7 Å². The van der Waals surface area contributed by atoms with E-state index in [0.29, 0.717) is 24.3 Å². The predicted molar refractivity (Wildman–Crippen MR) is 95.5 cm³/mol. The highest BCUT2D eigenvalue weighted by Gasteiger charge is 2.33. The van der Waals surface area contributed by atoms with Crippen LogP contribution in [0.5, 0.6) is 5.75 Å². The fourth-order valence-electron chi connectivity index (χ4n) is 3.07. The second-order valence-electron chi connectivity index (χ2n) is 6.48. The van der Waals surface area contributed by atoms with Crippen LogP contribution in [0.1, 0.15) is 21.6 Å². The van der Waals surface area contributed by atoms with E-state index in [0.717, 1.165) is 22.1 Å².